The lowest BCUT2D eigenvalue weighted by molar-refractivity contribution is -0.152. The monoisotopic (exact) mass is 482 g/mol. The maximum Gasteiger partial charge on any atom is 0.303 e. The molecule has 0 bridgehead atoms. The first-order valence-corrected chi connectivity index (χ1v) is 12.0. The molecule has 176 valence electrons. The van der Waals surface area contributed by atoms with Crippen molar-refractivity contribution < 1.29 is 28.2 Å². The van der Waals surface area contributed by atoms with Crippen molar-refractivity contribution in [1.82, 2.24) is 9.88 Å². The summed E-state index contributed by atoms with van der Waals surface area (Å²) < 4.78 is 26.3. The number of ketones is 1. The molecular formula is C25H23FN2O5S. The number of hydrogen-bond donors (Lipinski definition) is 0. The fourth-order valence-electron chi connectivity index (χ4n) is 3.97. The van der Waals surface area contributed by atoms with Crippen LogP contribution < -0.4 is 4.74 Å². The van der Waals surface area contributed by atoms with Gasteiger partial charge in [0.05, 0.1) is 28.2 Å². The van der Waals surface area contributed by atoms with Crippen molar-refractivity contribution in [3.63, 3.8) is 0 Å². The number of amides is 1. The lowest BCUT2D eigenvalue weighted by Gasteiger charge is -2.37. The number of carbonyl (C=O) groups excluding carboxylic acids is 3. The molecule has 0 unspecified atom stereocenters. The molecule has 1 aliphatic heterocycles. The summed E-state index contributed by atoms with van der Waals surface area (Å²) in [6, 6.07) is 7.87. The van der Waals surface area contributed by atoms with E-state index in [0.29, 0.717) is 51.8 Å². The third-order valence-corrected chi connectivity index (χ3v) is 7.01. The third kappa shape index (κ3) is 4.94. The van der Waals surface area contributed by atoms with E-state index in [1.165, 1.54) is 30.4 Å². The highest BCUT2D eigenvalue weighted by Gasteiger charge is 2.34. The Hall–Kier alpha value is -3.33. The van der Waals surface area contributed by atoms with Gasteiger partial charge in [-0.15, -0.1) is 11.3 Å². The van der Waals surface area contributed by atoms with Crippen LogP contribution in [0.1, 0.15) is 41.4 Å². The number of thiophene rings is 1. The van der Waals surface area contributed by atoms with Crippen LogP contribution in [0.25, 0.3) is 10.2 Å². The van der Waals surface area contributed by atoms with Gasteiger partial charge in [0.2, 0.25) is 0 Å². The summed E-state index contributed by atoms with van der Waals surface area (Å²) >= 11 is 1.22. The largest absolute Gasteiger partial charge is 0.459 e. The van der Waals surface area contributed by atoms with Crippen LogP contribution in [0.15, 0.2) is 36.5 Å². The highest BCUT2D eigenvalue weighted by molar-refractivity contribution is 7.21. The van der Waals surface area contributed by atoms with Crippen LogP contribution in [0.5, 0.6) is 11.5 Å². The van der Waals surface area contributed by atoms with Gasteiger partial charge in [-0.1, -0.05) is 6.07 Å². The molecule has 1 aromatic carbocycles. The summed E-state index contributed by atoms with van der Waals surface area (Å²) in [6.07, 6.45) is 4.27. The van der Waals surface area contributed by atoms with Crippen molar-refractivity contribution in [1.29, 1.82) is 0 Å². The second-order valence-corrected chi connectivity index (χ2v) is 9.86. The number of Topliss-reactive ketones (excluding diaryl/α,β-unsaturated/α-hetero) is 1. The smallest absolute Gasteiger partial charge is 0.303 e. The van der Waals surface area contributed by atoms with E-state index in [4.69, 9.17) is 9.47 Å². The van der Waals surface area contributed by atoms with Crippen LogP contribution in [-0.4, -0.2) is 46.7 Å². The van der Waals surface area contributed by atoms with Crippen molar-refractivity contribution in [3.05, 3.63) is 52.8 Å². The molecule has 3 aromatic rings. The molecule has 0 atom stereocenters. The summed E-state index contributed by atoms with van der Waals surface area (Å²) in [5, 5.41) is 0. The molecule has 1 saturated heterocycles. The zero-order valence-corrected chi connectivity index (χ0v) is 19.4. The van der Waals surface area contributed by atoms with Crippen LogP contribution in [0.3, 0.4) is 0 Å². The average Bonchev–Trinajstić information content (AvgIpc) is 3.45. The summed E-state index contributed by atoms with van der Waals surface area (Å²) in [4.78, 5) is 42.3. The van der Waals surface area contributed by atoms with E-state index in [2.05, 4.69) is 4.98 Å². The zero-order chi connectivity index (χ0) is 23.8. The summed E-state index contributed by atoms with van der Waals surface area (Å²) in [5.74, 6) is -0.0203. The minimum Gasteiger partial charge on any atom is -0.459 e. The standard InChI is InChI=1S/C25H23FN2O5S/c1-14(29)32-18-12-28(13-18)25(31)23-11-20-24(34-23)22(6-7-27-20)33-21-5-4-16(10-19(21)26)9-17(30)8-15-2-3-15/h4-7,10-11,15,18H,2-3,8-9,12-13H2,1H3. The van der Waals surface area contributed by atoms with Gasteiger partial charge in [-0.25, -0.2) is 4.39 Å². The number of benzene rings is 1. The first-order valence-electron chi connectivity index (χ1n) is 11.2. The van der Waals surface area contributed by atoms with Gasteiger partial charge in [0.15, 0.2) is 11.6 Å². The number of pyridine rings is 1. The van der Waals surface area contributed by atoms with Gasteiger partial charge < -0.3 is 14.4 Å². The number of ether oxygens (including phenoxy) is 2. The van der Waals surface area contributed by atoms with E-state index < -0.39 is 5.82 Å². The van der Waals surface area contributed by atoms with Crippen LogP contribution >= 0.6 is 11.3 Å². The molecule has 5 rings (SSSR count). The maximum atomic E-state index is 14.7. The van der Waals surface area contributed by atoms with Gasteiger partial charge in [-0.3, -0.25) is 19.4 Å². The molecule has 1 amide bonds. The molecule has 0 spiro atoms. The molecule has 1 aliphatic carbocycles. The second-order valence-electron chi connectivity index (χ2n) is 8.81. The van der Waals surface area contributed by atoms with Crippen molar-refractivity contribution in [2.24, 2.45) is 5.92 Å². The molecule has 1 saturated carbocycles. The Bertz CT molecular complexity index is 1280. The number of esters is 1. The van der Waals surface area contributed by atoms with Gasteiger partial charge in [0.25, 0.3) is 5.91 Å². The second kappa shape index (κ2) is 9.13. The molecule has 34 heavy (non-hydrogen) atoms. The quantitative estimate of drug-likeness (QED) is 0.439. The third-order valence-electron chi connectivity index (χ3n) is 5.89. The fourth-order valence-corrected chi connectivity index (χ4v) is 5.00. The Labute approximate surface area is 199 Å². The van der Waals surface area contributed by atoms with E-state index in [-0.39, 0.29) is 35.9 Å². The Morgan fingerprint density at radius 1 is 1.15 bits per heavy atom. The van der Waals surface area contributed by atoms with Crippen LogP contribution in [0.2, 0.25) is 0 Å². The Kier molecular flexibility index (Phi) is 6.03. The van der Waals surface area contributed by atoms with Gasteiger partial charge in [-0.05, 0) is 42.5 Å². The van der Waals surface area contributed by atoms with Gasteiger partial charge >= 0.3 is 5.97 Å². The SMILES string of the molecule is CC(=O)OC1CN(C(=O)c2cc3nccc(Oc4ccc(CC(=O)CC5CC5)cc4F)c3s2)C1. The van der Waals surface area contributed by atoms with Crippen molar-refractivity contribution in [2.45, 2.75) is 38.7 Å². The Balaban J connectivity index is 1.28. The minimum atomic E-state index is -0.549. The fraction of sp³-hybridized carbons (Fsp3) is 0.360. The molecule has 2 fully saturated rings. The highest BCUT2D eigenvalue weighted by Crippen LogP contribution is 2.37. The highest BCUT2D eigenvalue weighted by atomic mass is 32.1. The van der Waals surface area contributed by atoms with Crippen molar-refractivity contribution >= 4 is 39.2 Å². The predicted octanol–water partition coefficient (Wildman–Crippen LogP) is 4.53. The molecule has 2 aliphatic rings. The molecular weight excluding hydrogens is 459 g/mol. The lowest BCUT2D eigenvalue weighted by Crippen LogP contribution is -2.55. The molecule has 7 nitrogen and oxygen atoms in total. The maximum absolute atomic E-state index is 14.7. The van der Waals surface area contributed by atoms with Crippen molar-refractivity contribution in [3.8, 4) is 11.5 Å². The summed E-state index contributed by atoms with van der Waals surface area (Å²) in [6.45, 7) is 2.04. The zero-order valence-electron chi connectivity index (χ0n) is 18.6. The summed E-state index contributed by atoms with van der Waals surface area (Å²) in [7, 11) is 0. The molecule has 0 radical (unpaired) electrons. The molecule has 0 N–H and O–H groups in total. The number of nitrogens with zero attached hydrogens (tertiary/aromatic N) is 2. The number of halogens is 1. The molecule has 9 heteroatoms. The topological polar surface area (TPSA) is 85.8 Å². The van der Waals surface area contributed by atoms with E-state index in [1.807, 2.05) is 0 Å². The van der Waals surface area contributed by atoms with Crippen LogP contribution in [-0.2, 0) is 20.7 Å². The van der Waals surface area contributed by atoms with E-state index >= 15 is 0 Å². The average molecular weight is 483 g/mol. The Morgan fingerprint density at radius 3 is 2.65 bits per heavy atom. The normalized spacial score (nSPS) is 15.8. The number of likely N-dealkylation sites (tertiary alicyclic amines) is 1. The molecule has 3 heterocycles. The van der Waals surface area contributed by atoms with E-state index in [9.17, 15) is 18.8 Å². The minimum absolute atomic E-state index is 0.0409. The van der Waals surface area contributed by atoms with Gasteiger partial charge in [0, 0.05) is 32.0 Å². The number of carbonyl (C=O) groups is 3. The first-order chi connectivity index (χ1) is 16.4. The van der Waals surface area contributed by atoms with Gasteiger partial charge in [-0.2, -0.15) is 0 Å². The van der Waals surface area contributed by atoms with Gasteiger partial charge in [0.1, 0.15) is 17.6 Å². The van der Waals surface area contributed by atoms with Crippen LogP contribution in [0.4, 0.5) is 4.39 Å². The van der Waals surface area contributed by atoms with Crippen LogP contribution in [0, 0.1) is 11.7 Å². The van der Waals surface area contributed by atoms with E-state index in [0.717, 1.165) is 12.8 Å². The van der Waals surface area contributed by atoms with Crippen molar-refractivity contribution in [2.75, 3.05) is 13.1 Å². The first kappa shape index (κ1) is 22.5. The number of fused-ring (bicyclic) bond motifs is 1. The summed E-state index contributed by atoms with van der Waals surface area (Å²) in [5.41, 5.74) is 1.20. The number of aromatic nitrogens is 1. The number of rotatable bonds is 8. The molecule has 2 aromatic heterocycles. The predicted molar refractivity (Wildman–Crippen MR) is 124 cm³/mol. The van der Waals surface area contributed by atoms with E-state index in [1.54, 1.807) is 29.3 Å². The number of hydrogen-bond acceptors (Lipinski definition) is 7. The Morgan fingerprint density at radius 2 is 1.94 bits per heavy atom. The lowest BCUT2D eigenvalue weighted by atomic mass is 10.0.